The van der Waals surface area contributed by atoms with Gasteiger partial charge in [-0.3, -0.25) is 4.79 Å². The number of nitrogens with one attached hydrogen (secondary N) is 1. The minimum absolute atomic E-state index is 0.261. The van der Waals surface area contributed by atoms with Crippen LogP contribution < -0.4 is 5.32 Å². The van der Waals surface area contributed by atoms with Gasteiger partial charge in [0.15, 0.2) is 0 Å². The molecule has 0 aromatic rings. The van der Waals surface area contributed by atoms with Crippen LogP contribution in [-0.4, -0.2) is 36.5 Å². The molecule has 1 saturated heterocycles. The smallest absolute Gasteiger partial charge is 0.236 e. The Bertz CT molecular complexity index is 257. The molecule has 1 amide bonds. The molecule has 0 saturated carbocycles. The summed E-state index contributed by atoms with van der Waals surface area (Å²) in [6.07, 6.45) is 2.22. The van der Waals surface area contributed by atoms with Gasteiger partial charge in [-0.1, -0.05) is 27.7 Å². The summed E-state index contributed by atoms with van der Waals surface area (Å²) in [4.78, 5) is 14.0. The summed E-state index contributed by atoms with van der Waals surface area (Å²) in [5.41, 5.74) is 0.319. The third-order valence-corrected chi connectivity index (χ3v) is 3.98. The van der Waals surface area contributed by atoms with Crippen LogP contribution in [0.3, 0.4) is 0 Å². The molecule has 0 radical (unpaired) electrons. The van der Waals surface area contributed by atoms with E-state index in [2.05, 4.69) is 39.9 Å². The van der Waals surface area contributed by atoms with E-state index in [9.17, 15) is 4.79 Å². The molecule has 100 valence electrons. The third kappa shape index (κ3) is 4.30. The summed E-state index contributed by atoms with van der Waals surface area (Å²) in [5.74, 6) is 0.909. The standard InChI is InChI=1S/C14H28N2O/c1-6-11(2)15-9-13(17)16-8-7-12(10-16)14(3,4)5/h11-12,15H,6-10H2,1-5H3. The highest BCUT2D eigenvalue weighted by atomic mass is 16.2. The summed E-state index contributed by atoms with van der Waals surface area (Å²) < 4.78 is 0. The molecule has 1 fully saturated rings. The molecule has 1 aliphatic heterocycles. The summed E-state index contributed by atoms with van der Waals surface area (Å²) in [7, 11) is 0. The normalized spacial score (nSPS) is 22.9. The van der Waals surface area contributed by atoms with Gasteiger partial charge < -0.3 is 10.2 Å². The zero-order valence-corrected chi connectivity index (χ0v) is 12.0. The SMILES string of the molecule is CCC(C)NCC(=O)N1CCC(C(C)(C)C)C1. The van der Waals surface area contributed by atoms with Crippen molar-refractivity contribution in [1.82, 2.24) is 10.2 Å². The highest BCUT2D eigenvalue weighted by Gasteiger charge is 2.33. The van der Waals surface area contributed by atoms with E-state index in [1.165, 1.54) is 0 Å². The van der Waals surface area contributed by atoms with Gasteiger partial charge in [0.05, 0.1) is 6.54 Å². The monoisotopic (exact) mass is 240 g/mol. The van der Waals surface area contributed by atoms with Gasteiger partial charge in [0, 0.05) is 19.1 Å². The average Bonchev–Trinajstić information content (AvgIpc) is 2.74. The predicted molar refractivity (Wildman–Crippen MR) is 71.9 cm³/mol. The second kappa shape index (κ2) is 5.85. The van der Waals surface area contributed by atoms with E-state index in [-0.39, 0.29) is 5.91 Å². The maximum atomic E-state index is 12.0. The lowest BCUT2D eigenvalue weighted by Gasteiger charge is -2.27. The topological polar surface area (TPSA) is 32.3 Å². The number of nitrogens with zero attached hydrogens (tertiary/aromatic N) is 1. The van der Waals surface area contributed by atoms with Gasteiger partial charge >= 0.3 is 0 Å². The van der Waals surface area contributed by atoms with Gasteiger partial charge in [-0.2, -0.15) is 0 Å². The van der Waals surface area contributed by atoms with Gasteiger partial charge in [0.1, 0.15) is 0 Å². The molecule has 1 N–H and O–H groups in total. The van der Waals surface area contributed by atoms with E-state index in [1.807, 2.05) is 4.90 Å². The molecule has 2 atom stereocenters. The van der Waals surface area contributed by atoms with Crippen LogP contribution in [0.1, 0.15) is 47.5 Å². The first-order valence-corrected chi connectivity index (χ1v) is 6.85. The van der Waals surface area contributed by atoms with Crippen molar-refractivity contribution in [2.24, 2.45) is 11.3 Å². The van der Waals surface area contributed by atoms with E-state index < -0.39 is 0 Å². The Morgan fingerprint density at radius 2 is 2.12 bits per heavy atom. The van der Waals surface area contributed by atoms with E-state index in [1.54, 1.807) is 0 Å². The van der Waals surface area contributed by atoms with Gasteiger partial charge in [0.25, 0.3) is 0 Å². The molecule has 0 spiro atoms. The molecule has 3 heteroatoms. The summed E-state index contributed by atoms with van der Waals surface area (Å²) in [6.45, 7) is 13.4. The lowest BCUT2D eigenvalue weighted by atomic mass is 9.80. The minimum Gasteiger partial charge on any atom is -0.341 e. The number of carbonyl (C=O) groups is 1. The maximum absolute atomic E-state index is 12.0. The Labute approximate surface area is 106 Å². The van der Waals surface area contributed by atoms with E-state index in [0.29, 0.717) is 23.9 Å². The zero-order valence-electron chi connectivity index (χ0n) is 12.0. The quantitative estimate of drug-likeness (QED) is 0.817. The number of hydrogen-bond acceptors (Lipinski definition) is 2. The molecule has 3 nitrogen and oxygen atoms in total. The van der Waals surface area contributed by atoms with Crippen molar-refractivity contribution < 1.29 is 4.79 Å². The van der Waals surface area contributed by atoms with Crippen molar-refractivity contribution in [1.29, 1.82) is 0 Å². The lowest BCUT2D eigenvalue weighted by Crippen LogP contribution is -2.40. The number of rotatable bonds is 4. The summed E-state index contributed by atoms with van der Waals surface area (Å²) in [5, 5.41) is 3.27. The van der Waals surface area contributed by atoms with Crippen LogP contribution in [0.25, 0.3) is 0 Å². The van der Waals surface area contributed by atoms with Gasteiger partial charge in [0.2, 0.25) is 5.91 Å². The Morgan fingerprint density at radius 1 is 1.47 bits per heavy atom. The Morgan fingerprint density at radius 3 is 2.59 bits per heavy atom. The molecule has 17 heavy (non-hydrogen) atoms. The average molecular weight is 240 g/mol. The summed E-state index contributed by atoms with van der Waals surface area (Å²) >= 11 is 0. The predicted octanol–water partition coefficient (Wildman–Crippen LogP) is 2.27. The van der Waals surface area contributed by atoms with Crippen LogP contribution in [0.15, 0.2) is 0 Å². The number of carbonyl (C=O) groups excluding carboxylic acids is 1. The zero-order chi connectivity index (χ0) is 13.1. The van der Waals surface area contributed by atoms with Crippen LogP contribution in [0.2, 0.25) is 0 Å². The highest BCUT2D eigenvalue weighted by molar-refractivity contribution is 5.78. The van der Waals surface area contributed by atoms with E-state index >= 15 is 0 Å². The van der Waals surface area contributed by atoms with Crippen molar-refractivity contribution in [3.63, 3.8) is 0 Å². The van der Waals surface area contributed by atoms with Crippen molar-refractivity contribution in [3.8, 4) is 0 Å². The van der Waals surface area contributed by atoms with Crippen LogP contribution in [-0.2, 0) is 4.79 Å². The molecular formula is C14H28N2O. The first-order valence-electron chi connectivity index (χ1n) is 6.85. The van der Waals surface area contributed by atoms with Gasteiger partial charge in [-0.15, -0.1) is 0 Å². The Kier molecular flexibility index (Phi) is 4.99. The van der Waals surface area contributed by atoms with Crippen LogP contribution in [0, 0.1) is 11.3 Å². The fraction of sp³-hybridized carbons (Fsp3) is 0.929. The molecule has 1 rings (SSSR count). The fourth-order valence-electron chi connectivity index (χ4n) is 2.21. The number of likely N-dealkylation sites (tertiary alicyclic amines) is 1. The second-order valence-corrected chi connectivity index (χ2v) is 6.38. The van der Waals surface area contributed by atoms with Crippen molar-refractivity contribution in [2.75, 3.05) is 19.6 Å². The van der Waals surface area contributed by atoms with Crippen LogP contribution in [0.4, 0.5) is 0 Å². The van der Waals surface area contributed by atoms with Crippen molar-refractivity contribution in [3.05, 3.63) is 0 Å². The number of hydrogen-bond donors (Lipinski definition) is 1. The fourth-order valence-corrected chi connectivity index (χ4v) is 2.21. The van der Waals surface area contributed by atoms with Crippen molar-refractivity contribution in [2.45, 2.75) is 53.5 Å². The van der Waals surface area contributed by atoms with Gasteiger partial charge in [-0.25, -0.2) is 0 Å². The largest absolute Gasteiger partial charge is 0.341 e. The van der Waals surface area contributed by atoms with Crippen LogP contribution >= 0.6 is 0 Å². The molecule has 1 aliphatic rings. The second-order valence-electron chi connectivity index (χ2n) is 6.38. The molecule has 1 heterocycles. The first kappa shape index (κ1) is 14.5. The van der Waals surface area contributed by atoms with Crippen molar-refractivity contribution >= 4 is 5.91 Å². The highest BCUT2D eigenvalue weighted by Crippen LogP contribution is 2.33. The van der Waals surface area contributed by atoms with Crippen LogP contribution in [0.5, 0.6) is 0 Å². The molecule has 0 bridgehead atoms. The summed E-state index contributed by atoms with van der Waals surface area (Å²) in [6, 6.07) is 0.431. The molecule has 2 unspecified atom stereocenters. The third-order valence-electron chi connectivity index (χ3n) is 3.98. The molecule has 0 aliphatic carbocycles. The molecule has 0 aromatic heterocycles. The first-order chi connectivity index (χ1) is 7.84. The minimum atomic E-state index is 0.261. The van der Waals surface area contributed by atoms with E-state index in [4.69, 9.17) is 0 Å². The molecule has 0 aromatic carbocycles. The Balaban J connectivity index is 2.36. The maximum Gasteiger partial charge on any atom is 0.236 e. The van der Waals surface area contributed by atoms with Gasteiger partial charge in [-0.05, 0) is 31.1 Å². The number of amides is 1. The van der Waals surface area contributed by atoms with E-state index in [0.717, 1.165) is 25.9 Å². The molecular weight excluding hydrogens is 212 g/mol. The Hall–Kier alpha value is -0.570. The lowest BCUT2D eigenvalue weighted by molar-refractivity contribution is -0.129.